The van der Waals surface area contributed by atoms with E-state index >= 15 is 0 Å². The van der Waals surface area contributed by atoms with Crippen molar-refractivity contribution in [2.75, 3.05) is 13.7 Å². The maximum absolute atomic E-state index is 5.64. The molecule has 0 bridgehead atoms. The zero-order valence-electron chi connectivity index (χ0n) is 13.1. The van der Waals surface area contributed by atoms with Crippen molar-refractivity contribution in [3.63, 3.8) is 0 Å². The van der Waals surface area contributed by atoms with Gasteiger partial charge in [-0.2, -0.15) is 0 Å². The number of benzene rings is 2. The van der Waals surface area contributed by atoms with Gasteiger partial charge in [-0.25, -0.2) is 0 Å². The van der Waals surface area contributed by atoms with Gasteiger partial charge in [-0.15, -0.1) is 0 Å². The number of aliphatic imine (C=N–C) groups is 1. The van der Waals surface area contributed by atoms with Crippen molar-refractivity contribution in [3.05, 3.63) is 51.1 Å². The highest BCUT2D eigenvalue weighted by molar-refractivity contribution is 14.1. The van der Waals surface area contributed by atoms with E-state index in [1.165, 1.54) is 5.56 Å². The SMILES string of the molecule is CCOc1cc(C=Nc2ccc(CC)cc2)cc(I)c1OC. The summed E-state index contributed by atoms with van der Waals surface area (Å²) in [6.45, 7) is 4.71. The summed E-state index contributed by atoms with van der Waals surface area (Å²) in [6, 6.07) is 12.3. The fraction of sp³-hybridized carbons (Fsp3) is 0.278. The quantitative estimate of drug-likeness (QED) is 0.496. The lowest BCUT2D eigenvalue weighted by atomic mass is 10.1. The molecule has 116 valence electrons. The Bertz CT molecular complexity index is 651. The normalized spacial score (nSPS) is 10.9. The molecule has 22 heavy (non-hydrogen) atoms. The van der Waals surface area contributed by atoms with Crippen LogP contribution in [0.2, 0.25) is 0 Å². The number of ether oxygens (including phenoxy) is 2. The molecule has 0 saturated heterocycles. The number of aryl methyl sites for hydroxylation is 1. The van der Waals surface area contributed by atoms with Gasteiger partial charge in [-0.3, -0.25) is 4.99 Å². The molecule has 2 aromatic carbocycles. The van der Waals surface area contributed by atoms with E-state index in [1.807, 2.05) is 37.4 Å². The average molecular weight is 409 g/mol. The van der Waals surface area contributed by atoms with Gasteiger partial charge >= 0.3 is 0 Å². The van der Waals surface area contributed by atoms with Crippen molar-refractivity contribution >= 4 is 34.5 Å². The highest BCUT2D eigenvalue weighted by Gasteiger charge is 2.10. The summed E-state index contributed by atoms with van der Waals surface area (Å²) in [6.07, 6.45) is 2.89. The van der Waals surface area contributed by atoms with Crippen LogP contribution in [0.1, 0.15) is 25.0 Å². The molecule has 0 fully saturated rings. The second-order valence-corrected chi connectivity index (χ2v) is 5.91. The van der Waals surface area contributed by atoms with E-state index in [0.29, 0.717) is 6.61 Å². The molecule has 3 nitrogen and oxygen atoms in total. The number of methoxy groups -OCH3 is 1. The van der Waals surface area contributed by atoms with E-state index in [4.69, 9.17) is 9.47 Å². The second-order valence-electron chi connectivity index (χ2n) is 4.75. The van der Waals surface area contributed by atoms with Crippen LogP contribution in [-0.4, -0.2) is 19.9 Å². The molecule has 0 radical (unpaired) electrons. The number of halogens is 1. The molecule has 0 amide bonds. The lowest BCUT2D eigenvalue weighted by Crippen LogP contribution is -1.98. The number of nitrogens with zero attached hydrogens (tertiary/aromatic N) is 1. The van der Waals surface area contributed by atoms with Crippen LogP contribution < -0.4 is 9.47 Å². The van der Waals surface area contributed by atoms with Gasteiger partial charge in [0, 0.05) is 6.21 Å². The van der Waals surface area contributed by atoms with Crippen LogP contribution in [0.4, 0.5) is 5.69 Å². The molecule has 0 saturated carbocycles. The van der Waals surface area contributed by atoms with Crippen molar-refractivity contribution in [2.45, 2.75) is 20.3 Å². The van der Waals surface area contributed by atoms with Gasteiger partial charge in [0.2, 0.25) is 0 Å². The summed E-state index contributed by atoms with van der Waals surface area (Å²) < 4.78 is 12.0. The van der Waals surface area contributed by atoms with Gasteiger partial charge in [0.1, 0.15) is 0 Å². The maximum Gasteiger partial charge on any atom is 0.174 e. The van der Waals surface area contributed by atoms with E-state index in [-0.39, 0.29) is 0 Å². The zero-order chi connectivity index (χ0) is 15.9. The molecule has 0 N–H and O–H groups in total. The van der Waals surface area contributed by atoms with Crippen LogP contribution in [0.3, 0.4) is 0 Å². The topological polar surface area (TPSA) is 30.8 Å². The first kappa shape index (κ1) is 16.8. The number of rotatable bonds is 6. The standard InChI is InChI=1S/C18H20INO2/c1-4-13-6-8-15(9-7-13)20-12-14-10-16(19)18(21-3)17(11-14)22-5-2/h6-12H,4-5H2,1-3H3. The first-order chi connectivity index (χ1) is 10.7. The predicted octanol–water partition coefficient (Wildman–Crippen LogP) is 5.01. The van der Waals surface area contributed by atoms with Crippen LogP contribution in [0.15, 0.2) is 41.4 Å². The molecule has 0 unspecified atom stereocenters. The van der Waals surface area contributed by atoms with Crippen LogP contribution in [0.25, 0.3) is 0 Å². The molecular formula is C18H20INO2. The summed E-state index contributed by atoms with van der Waals surface area (Å²) in [5.74, 6) is 1.52. The first-order valence-corrected chi connectivity index (χ1v) is 8.39. The van der Waals surface area contributed by atoms with Crippen molar-refractivity contribution < 1.29 is 9.47 Å². The molecule has 2 rings (SSSR count). The fourth-order valence-corrected chi connectivity index (χ4v) is 2.94. The molecule has 0 atom stereocenters. The summed E-state index contributed by atoms with van der Waals surface area (Å²) >= 11 is 2.25. The third-order valence-electron chi connectivity index (χ3n) is 3.24. The summed E-state index contributed by atoms with van der Waals surface area (Å²) in [5, 5.41) is 0. The largest absolute Gasteiger partial charge is 0.492 e. The number of hydrogen-bond donors (Lipinski definition) is 0. The lowest BCUT2D eigenvalue weighted by Gasteiger charge is -2.11. The summed E-state index contributed by atoms with van der Waals surface area (Å²) in [4.78, 5) is 4.53. The molecule has 0 aliphatic carbocycles. The summed E-state index contributed by atoms with van der Waals surface area (Å²) in [7, 11) is 1.66. The van der Waals surface area contributed by atoms with Gasteiger partial charge in [-0.05, 0) is 71.3 Å². The van der Waals surface area contributed by atoms with E-state index < -0.39 is 0 Å². The van der Waals surface area contributed by atoms with Gasteiger partial charge < -0.3 is 9.47 Å². The van der Waals surface area contributed by atoms with E-state index in [0.717, 1.165) is 32.7 Å². The minimum Gasteiger partial charge on any atom is -0.492 e. The molecular weight excluding hydrogens is 389 g/mol. The Balaban J connectivity index is 2.26. The van der Waals surface area contributed by atoms with Crippen molar-refractivity contribution in [1.29, 1.82) is 0 Å². The molecule has 0 heterocycles. The third kappa shape index (κ3) is 4.22. The van der Waals surface area contributed by atoms with Crippen molar-refractivity contribution in [2.24, 2.45) is 4.99 Å². The van der Waals surface area contributed by atoms with E-state index in [1.54, 1.807) is 7.11 Å². The Hall–Kier alpha value is -1.56. The minimum atomic E-state index is 0.603. The van der Waals surface area contributed by atoms with Gasteiger partial charge in [0.25, 0.3) is 0 Å². The maximum atomic E-state index is 5.64. The molecule has 4 heteroatoms. The molecule has 0 aliphatic rings. The van der Waals surface area contributed by atoms with Gasteiger partial charge in [-0.1, -0.05) is 19.1 Å². The van der Waals surface area contributed by atoms with Crippen LogP contribution in [-0.2, 0) is 6.42 Å². The Kier molecular flexibility index (Phi) is 6.24. The van der Waals surface area contributed by atoms with Crippen LogP contribution >= 0.6 is 22.6 Å². The third-order valence-corrected chi connectivity index (χ3v) is 4.04. The predicted molar refractivity (Wildman–Crippen MR) is 100.0 cm³/mol. The van der Waals surface area contributed by atoms with Gasteiger partial charge in [0.05, 0.1) is 23.0 Å². The molecule has 2 aromatic rings. The van der Waals surface area contributed by atoms with Gasteiger partial charge in [0.15, 0.2) is 11.5 Å². The molecule has 0 aliphatic heterocycles. The highest BCUT2D eigenvalue weighted by atomic mass is 127. The minimum absolute atomic E-state index is 0.603. The molecule has 0 spiro atoms. The Labute approximate surface area is 145 Å². The first-order valence-electron chi connectivity index (χ1n) is 7.31. The summed E-state index contributed by atoms with van der Waals surface area (Å²) in [5.41, 5.74) is 3.26. The van der Waals surface area contributed by atoms with Crippen molar-refractivity contribution in [1.82, 2.24) is 0 Å². The molecule has 0 aromatic heterocycles. The van der Waals surface area contributed by atoms with E-state index in [9.17, 15) is 0 Å². The Morgan fingerprint density at radius 1 is 1.14 bits per heavy atom. The average Bonchev–Trinajstić information content (AvgIpc) is 2.53. The van der Waals surface area contributed by atoms with Crippen LogP contribution in [0.5, 0.6) is 11.5 Å². The monoisotopic (exact) mass is 409 g/mol. The fourth-order valence-electron chi connectivity index (χ4n) is 2.09. The van der Waals surface area contributed by atoms with Crippen molar-refractivity contribution in [3.8, 4) is 11.5 Å². The smallest absolute Gasteiger partial charge is 0.174 e. The number of hydrogen-bond acceptors (Lipinski definition) is 3. The highest BCUT2D eigenvalue weighted by Crippen LogP contribution is 2.33. The van der Waals surface area contributed by atoms with E-state index in [2.05, 4.69) is 46.6 Å². The Morgan fingerprint density at radius 2 is 1.86 bits per heavy atom. The van der Waals surface area contributed by atoms with Crippen LogP contribution in [0, 0.1) is 3.57 Å². The lowest BCUT2D eigenvalue weighted by molar-refractivity contribution is 0.309. The second kappa shape index (κ2) is 8.17. The Morgan fingerprint density at radius 3 is 2.45 bits per heavy atom. The zero-order valence-corrected chi connectivity index (χ0v) is 15.3.